The van der Waals surface area contributed by atoms with Gasteiger partial charge in [-0.2, -0.15) is 10.1 Å². The maximum Gasteiger partial charge on any atom is 0.299 e. The largest absolute Gasteiger partial charge is 0.378 e. The zero-order chi connectivity index (χ0) is 22.4. The number of thioether (sulfide) groups is 3. The molecule has 1 rings (SSSR count). The lowest BCUT2D eigenvalue weighted by Crippen LogP contribution is -2.17. The number of aromatic nitrogens is 3. The highest BCUT2D eigenvalue weighted by molar-refractivity contribution is 8.16. The molecule has 0 aliphatic carbocycles. The number of hydrogen-bond donors (Lipinski definition) is 2. The van der Waals surface area contributed by atoms with Crippen LogP contribution >= 0.6 is 35.3 Å². The first-order valence-electron chi connectivity index (χ1n) is 8.94. The van der Waals surface area contributed by atoms with E-state index in [1.807, 2.05) is 57.4 Å². The second-order valence-corrected chi connectivity index (χ2v) is 8.75. The van der Waals surface area contributed by atoms with Gasteiger partial charge in [-0.05, 0) is 44.9 Å². The third-order valence-electron chi connectivity index (χ3n) is 2.95. The minimum absolute atomic E-state index is 0.139. The van der Waals surface area contributed by atoms with E-state index in [0.717, 1.165) is 5.57 Å². The Morgan fingerprint density at radius 3 is 2.67 bits per heavy atom. The standard InChI is InChI=1S/C20H26N6OS3/c1-6-8-9-10-11-28-15(5)17(18(27)25-19(21)29-12-14(3)4)24-16(7-2)30-20-22-13-23-26-20/h6-10,12-13H,5,11H2,1-4H3,(H2,21,25,27)(H,22,23,26)/b8-6-,10-9-,16-7+,24-17+. The van der Waals surface area contributed by atoms with Crippen molar-refractivity contribution in [3.8, 4) is 0 Å². The van der Waals surface area contributed by atoms with E-state index in [1.54, 1.807) is 6.08 Å². The van der Waals surface area contributed by atoms with Gasteiger partial charge in [-0.1, -0.05) is 54.3 Å². The van der Waals surface area contributed by atoms with Crippen LogP contribution < -0.4 is 5.73 Å². The van der Waals surface area contributed by atoms with Crippen LogP contribution in [0.25, 0.3) is 0 Å². The number of aliphatic imine (C=N–C) groups is 2. The van der Waals surface area contributed by atoms with E-state index in [-0.39, 0.29) is 10.9 Å². The molecular formula is C20H26N6OS3. The predicted molar refractivity (Wildman–Crippen MR) is 133 cm³/mol. The summed E-state index contributed by atoms with van der Waals surface area (Å²) in [4.78, 5) is 25.9. The van der Waals surface area contributed by atoms with Crippen LogP contribution in [0.1, 0.15) is 27.7 Å². The fraction of sp³-hybridized carbons (Fsp3) is 0.250. The monoisotopic (exact) mass is 462 g/mol. The maximum absolute atomic E-state index is 12.8. The summed E-state index contributed by atoms with van der Waals surface area (Å²) >= 11 is 3.84. The molecule has 0 bridgehead atoms. The summed E-state index contributed by atoms with van der Waals surface area (Å²) < 4.78 is 0. The van der Waals surface area contributed by atoms with E-state index in [9.17, 15) is 4.79 Å². The van der Waals surface area contributed by atoms with Gasteiger partial charge in [0.1, 0.15) is 17.1 Å². The molecule has 0 radical (unpaired) electrons. The molecule has 0 atom stereocenters. The molecule has 3 N–H and O–H groups in total. The number of amidine groups is 1. The molecule has 0 spiro atoms. The van der Waals surface area contributed by atoms with Gasteiger partial charge in [-0.3, -0.25) is 9.89 Å². The lowest BCUT2D eigenvalue weighted by Gasteiger charge is -2.07. The fourth-order valence-electron chi connectivity index (χ4n) is 1.65. The van der Waals surface area contributed by atoms with Gasteiger partial charge in [0.25, 0.3) is 5.91 Å². The molecule has 0 aliphatic heterocycles. The molecule has 10 heteroatoms. The Morgan fingerprint density at radius 1 is 1.30 bits per heavy atom. The Balaban J connectivity index is 3.10. The molecule has 0 unspecified atom stereocenters. The Hall–Kier alpha value is -2.30. The quantitative estimate of drug-likeness (QED) is 0.216. The number of allylic oxidation sites excluding steroid dienone is 5. The fourth-order valence-corrected chi connectivity index (χ4v) is 3.47. The number of carbonyl (C=O) groups is 1. The van der Waals surface area contributed by atoms with Gasteiger partial charge in [0.15, 0.2) is 10.3 Å². The molecule has 30 heavy (non-hydrogen) atoms. The Labute approximate surface area is 190 Å². The first-order valence-corrected chi connectivity index (χ1v) is 11.6. The summed E-state index contributed by atoms with van der Waals surface area (Å²) in [7, 11) is 0. The van der Waals surface area contributed by atoms with Gasteiger partial charge < -0.3 is 5.73 Å². The van der Waals surface area contributed by atoms with E-state index in [2.05, 4.69) is 31.7 Å². The second-order valence-electron chi connectivity index (χ2n) is 5.74. The lowest BCUT2D eigenvalue weighted by molar-refractivity contribution is -0.111. The summed E-state index contributed by atoms with van der Waals surface area (Å²) in [5, 5.41) is 9.67. The van der Waals surface area contributed by atoms with Crippen molar-refractivity contribution in [3.05, 3.63) is 64.2 Å². The van der Waals surface area contributed by atoms with Crippen molar-refractivity contribution in [2.24, 2.45) is 15.7 Å². The van der Waals surface area contributed by atoms with Gasteiger partial charge in [0.2, 0.25) is 0 Å². The molecule has 0 saturated heterocycles. The summed E-state index contributed by atoms with van der Waals surface area (Å²) in [6.07, 6.45) is 11.0. The van der Waals surface area contributed by atoms with Crippen molar-refractivity contribution in [1.82, 2.24) is 15.2 Å². The predicted octanol–water partition coefficient (Wildman–Crippen LogP) is 5.08. The number of aromatic amines is 1. The number of rotatable bonds is 10. The third-order valence-corrected chi connectivity index (χ3v) is 5.70. The van der Waals surface area contributed by atoms with Gasteiger partial charge in [0.05, 0.1) is 0 Å². The highest BCUT2D eigenvalue weighted by Crippen LogP contribution is 2.26. The van der Waals surface area contributed by atoms with Crippen LogP contribution in [0.15, 0.2) is 79.3 Å². The molecule has 0 saturated carbocycles. The molecule has 1 amide bonds. The average Bonchev–Trinajstić information content (AvgIpc) is 3.22. The molecule has 1 aromatic heterocycles. The van der Waals surface area contributed by atoms with Crippen molar-refractivity contribution in [2.45, 2.75) is 32.9 Å². The van der Waals surface area contributed by atoms with E-state index in [4.69, 9.17) is 5.73 Å². The third kappa shape index (κ3) is 10.5. The van der Waals surface area contributed by atoms with Gasteiger partial charge in [-0.25, -0.2) is 9.98 Å². The average molecular weight is 463 g/mol. The summed E-state index contributed by atoms with van der Waals surface area (Å²) in [6, 6.07) is 0. The molecule has 7 nitrogen and oxygen atoms in total. The van der Waals surface area contributed by atoms with Crippen molar-refractivity contribution in [3.63, 3.8) is 0 Å². The highest BCUT2D eigenvalue weighted by Gasteiger charge is 2.17. The van der Waals surface area contributed by atoms with Crippen LogP contribution in [0, 0.1) is 0 Å². The number of nitrogens with zero attached hydrogens (tertiary/aromatic N) is 4. The molecule has 1 heterocycles. The van der Waals surface area contributed by atoms with Gasteiger partial charge >= 0.3 is 0 Å². The lowest BCUT2D eigenvalue weighted by atomic mass is 10.3. The number of H-pyrrole nitrogens is 1. The SMILES string of the molecule is C=C(SC/C=C\C=C/C)/C(=N\C(=C/C)Sc1ncn[nH]1)C(=O)N=C(N)SC=C(C)C. The van der Waals surface area contributed by atoms with Crippen LogP contribution in [0.3, 0.4) is 0 Å². The molecule has 1 aromatic rings. The number of nitrogens with one attached hydrogen (secondary N) is 1. The van der Waals surface area contributed by atoms with Crippen LogP contribution in [-0.2, 0) is 4.79 Å². The molecule has 0 fully saturated rings. The number of hydrogen-bond acceptors (Lipinski definition) is 7. The molecule has 0 aromatic carbocycles. The van der Waals surface area contributed by atoms with Gasteiger partial charge in [0, 0.05) is 10.7 Å². The highest BCUT2D eigenvalue weighted by atomic mass is 32.2. The molecule has 0 aliphatic rings. The van der Waals surface area contributed by atoms with E-state index in [0.29, 0.717) is 20.8 Å². The van der Waals surface area contributed by atoms with Crippen molar-refractivity contribution < 1.29 is 4.79 Å². The Kier molecular flexibility index (Phi) is 12.6. The Morgan fingerprint density at radius 2 is 2.07 bits per heavy atom. The topological polar surface area (TPSA) is 109 Å². The Bertz CT molecular complexity index is 892. The minimum Gasteiger partial charge on any atom is -0.378 e. The van der Waals surface area contributed by atoms with Crippen LogP contribution in [0.4, 0.5) is 0 Å². The summed E-state index contributed by atoms with van der Waals surface area (Å²) in [5.74, 6) is 0.0938. The smallest absolute Gasteiger partial charge is 0.299 e. The maximum atomic E-state index is 12.8. The number of carbonyl (C=O) groups excluding carboxylic acids is 1. The van der Waals surface area contributed by atoms with Crippen LogP contribution in [-0.4, -0.2) is 37.7 Å². The second kappa shape index (κ2) is 14.6. The van der Waals surface area contributed by atoms with Crippen molar-refractivity contribution in [1.29, 1.82) is 0 Å². The number of amides is 1. The van der Waals surface area contributed by atoms with Crippen molar-refractivity contribution in [2.75, 3.05) is 5.75 Å². The van der Waals surface area contributed by atoms with Gasteiger partial charge in [-0.15, -0.1) is 11.8 Å². The molecule has 160 valence electrons. The molecular weight excluding hydrogens is 436 g/mol. The number of nitrogens with two attached hydrogens (primary N) is 1. The normalized spacial score (nSPS) is 13.3. The van der Waals surface area contributed by atoms with Crippen LogP contribution in [0.5, 0.6) is 0 Å². The van der Waals surface area contributed by atoms with E-state index < -0.39 is 5.91 Å². The first kappa shape index (κ1) is 25.7. The minimum atomic E-state index is -0.547. The summed E-state index contributed by atoms with van der Waals surface area (Å²) in [6.45, 7) is 11.7. The van der Waals surface area contributed by atoms with Crippen LogP contribution in [0.2, 0.25) is 0 Å². The van der Waals surface area contributed by atoms with Crippen molar-refractivity contribution >= 4 is 52.1 Å². The summed E-state index contributed by atoms with van der Waals surface area (Å²) in [5.41, 5.74) is 7.08. The van der Waals surface area contributed by atoms with E-state index in [1.165, 1.54) is 41.6 Å². The zero-order valence-corrected chi connectivity index (χ0v) is 19.9. The first-order chi connectivity index (χ1) is 14.4. The van der Waals surface area contributed by atoms with E-state index >= 15 is 0 Å². The zero-order valence-electron chi connectivity index (χ0n) is 17.5.